The zero-order valence-electron chi connectivity index (χ0n) is 15.1. The summed E-state index contributed by atoms with van der Waals surface area (Å²) in [5.74, 6) is -0.291. The molecule has 3 nitrogen and oxygen atoms in total. The zero-order chi connectivity index (χ0) is 18.6. The molecule has 0 bridgehead atoms. The molecule has 0 fully saturated rings. The van der Waals surface area contributed by atoms with Gasteiger partial charge in [0.05, 0.1) is 5.56 Å². The number of carboxylic acid groups (broad SMARTS) is 1. The van der Waals surface area contributed by atoms with Gasteiger partial charge in [-0.1, -0.05) is 52.0 Å². The van der Waals surface area contributed by atoms with Crippen molar-refractivity contribution in [2.75, 3.05) is 0 Å². The van der Waals surface area contributed by atoms with Crippen LogP contribution in [0.1, 0.15) is 76.9 Å². The van der Waals surface area contributed by atoms with Gasteiger partial charge in [-0.3, -0.25) is 4.79 Å². The zero-order valence-corrected chi connectivity index (χ0v) is 15.1. The molecule has 0 atom stereocenters. The van der Waals surface area contributed by atoms with Crippen molar-refractivity contribution in [2.45, 2.75) is 39.5 Å². The molecule has 25 heavy (non-hydrogen) atoms. The third kappa shape index (κ3) is 4.90. The second-order valence-electron chi connectivity index (χ2n) is 6.82. The number of benzene rings is 2. The van der Waals surface area contributed by atoms with Gasteiger partial charge in [-0.15, -0.1) is 0 Å². The summed E-state index contributed by atoms with van der Waals surface area (Å²) in [7, 11) is 0. The second-order valence-corrected chi connectivity index (χ2v) is 6.82. The van der Waals surface area contributed by atoms with E-state index in [-0.39, 0.29) is 11.3 Å². The Kier molecular flexibility index (Phi) is 5.92. The van der Waals surface area contributed by atoms with E-state index in [2.05, 4.69) is 33.8 Å². The summed E-state index contributed by atoms with van der Waals surface area (Å²) in [4.78, 5) is 23.4. The van der Waals surface area contributed by atoms with Gasteiger partial charge in [-0.05, 0) is 58.9 Å². The van der Waals surface area contributed by atoms with Crippen LogP contribution in [0.25, 0.3) is 6.08 Å². The molecular formula is C22H24O3. The minimum atomic E-state index is -0.960. The topological polar surface area (TPSA) is 54.4 Å². The molecule has 0 aliphatic carbocycles. The van der Waals surface area contributed by atoms with Crippen molar-refractivity contribution in [2.24, 2.45) is 0 Å². The van der Waals surface area contributed by atoms with Gasteiger partial charge in [-0.2, -0.15) is 0 Å². The molecular weight excluding hydrogens is 312 g/mol. The van der Waals surface area contributed by atoms with Crippen LogP contribution in [0.4, 0.5) is 0 Å². The van der Waals surface area contributed by atoms with Crippen molar-refractivity contribution in [3.8, 4) is 0 Å². The van der Waals surface area contributed by atoms with Gasteiger partial charge in [0, 0.05) is 5.56 Å². The number of carboxylic acids is 1. The molecule has 0 saturated carbocycles. The van der Waals surface area contributed by atoms with Gasteiger partial charge in [0.1, 0.15) is 0 Å². The molecule has 130 valence electrons. The summed E-state index contributed by atoms with van der Waals surface area (Å²) in [5.41, 5.74) is 4.04. The van der Waals surface area contributed by atoms with Gasteiger partial charge >= 0.3 is 5.97 Å². The van der Waals surface area contributed by atoms with Gasteiger partial charge in [0.25, 0.3) is 0 Å². The van der Waals surface area contributed by atoms with E-state index in [1.807, 2.05) is 12.1 Å². The first-order chi connectivity index (χ1) is 11.8. The van der Waals surface area contributed by atoms with Gasteiger partial charge in [0.15, 0.2) is 5.78 Å². The van der Waals surface area contributed by atoms with E-state index in [1.54, 1.807) is 24.3 Å². The van der Waals surface area contributed by atoms with Gasteiger partial charge in [0.2, 0.25) is 0 Å². The van der Waals surface area contributed by atoms with E-state index in [4.69, 9.17) is 5.11 Å². The van der Waals surface area contributed by atoms with Crippen LogP contribution in [0, 0.1) is 0 Å². The molecule has 0 spiro atoms. The number of aromatic carboxylic acids is 1. The number of carbonyl (C=O) groups is 2. The Hall–Kier alpha value is -2.68. The summed E-state index contributed by atoms with van der Waals surface area (Å²) >= 11 is 0. The molecule has 3 heteroatoms. The van der Waals surface area contributed by atoms with E-state index < -0.39 is 5.97 Å². The molecule has 2 rings (SSSR count). The minimum absolute atomic E-state index is 0.0493. The molecule has 0 aliphatic rings. The van der Waals surface area contributed by atoms with E-state index in [1.165, 1.54) is 12.1 Å². The van der Waals surface area contributed by atoms with E-state index in [0.717, 1.165) is 16.7 Å². The molecule has 0 amide bonds. The maximum Gasteiger partial charge on any atom is 0.335 e. The molecule has 2 aromatic rings. The van der Waals surface area contributed by atoms with Gasteiger partial charge in [-0.25, -0.2) is 4.79 Å². The number of hydrogen-bond acceptors (Lipinski definition) is 2. The molecule has 0 heterocycles. The lowest BCUT2D eigenvalue weighted by molar-refractivity contribution is 0.0696. The first kappa shape index (κ1) is 18.7. The third-order valence-corrected chi connectivity index (χ3v) is 4.18. The number of hydrogen-bond donors (Lipinski definition) is 1. The van der Waals surface area contributed by atoms with Crippen LogP contribution in [0.2, 0.25) is 0 Å². The van der Waals surface area contributed by atoms with Crippen LogP contribution >= 0.6 is 0 Å². The normalized spacial score (nSPS) is 11.4. The summed E-state index contributed by atoms with van der Waals surface area (Å²) in [5, 5.41) is 8.91. The predicted molar refractivity (Wildman–Crippen MR) is 101 cm³/mol. The first-order valence-electron chi connectivity index (χ1n) is 8.48. The van der Waals surface area contributed by atoms with Crippen molar-refractivity contribution in [3.05, 3.63) is 76.4 Å². The predicted octanol–water partition coefficient (Wildman–Crippen LogP) is 5.53. The molecule has 0 unspecified atom stereocenters. The number of carbonyl (C=O) groups excluding carboxylic acids is 1. The standard InChI is InChI=1S/C22H24O3/c1-14(2)18-11-19(15(3)4)13-20(12-18)21(23)10-7-16-5-8-17(9-6-16)22(24)25/h5-15H,1-4H3,(H,24,25). The van der Waals surface area contributed by atoms with Crippen LogP contribution in [0.3, 0.4) is 0 Å². The fourth-order valence-corrected chi connectivity index (χ4v) is 2.49. The lowest BCUT2D eigenvalue weighted by Crippen LogP contribution is -2.01. The Bertz CT molecular complexity index is 770. The number of allylic oxidation sites excluding steroid dienone is 1. The molecule has 0 aromatic heterocycles. The van der Waals surface area contributed by atoms with Crippen molar-refractivity contribution in [3.63, 3.8) is 0 Å². The summed E-state index contributed by atoms with van der Waals surface area (Å²) in [6, 6.07) is 12.5. The van der Waals surface area contributed by atoms with Crippen molar-refractivity contribution >= 4 is 17.8 Å². The highest BCUT2D eigenvalue weighted by molar-refractivity contribution is 6.07. The highest BCUT2D eigenvalue weighted by atomic mass is 16.4. The fraction of sp³-hybridized carbons (Fsp3) is 0.273. The van der Waals surface area contributed by atoms with Crippen LogP contribution in [0.15, 0.2) is 48.5 Å². The minimum Gasteiger partial charge on any atom is -0.478 e. The summed E-state index contributed by atoms with van der Waals surface area (Å²) in [6.45, 7) is 8.47. The Morgan fingerprint density at radius 2 is 1.36 bits per heavy atom. The van der Waals surface area contributed by atoms with Crippen LogP contribution in [-0.2, 0) is 0 Å². The summed E-state index contributed by atoms with van der Waals surface area (Å²) < 4.78 is 0. The Balaban J connectivity index is 2.26. The molecule has 0 radical (unpaired) electrons. The van der Waals surface area contributed by atoms with Gasteiger partial charge < -0.3 is 5.11 Å². The fourth-order valence-electron chi connectivity index (χ4n) is 2.49. The maximum atomic E-state index is 12.6. The maximum absolute atomic E-state index is 12.6. The monoisotopic (exact) mass is 336 g/mol. The van der Waals surface area contributed by atoms with Crippen LogP contribution < -0.4 is 0 Å². The third-order valence-electron chi connectivity index (χ3n) is 4.18. The van der Waals surface area contributed by atoms with Crippen molar-refractivity contribution in [1.29, 1.82) is 0 Å². The van der Waals surface area contributed by atoms with Crippen LogP contribution in [-0.4, -0.2) is 16.9 Å². The lowest BCUT2D eigenvalue weighted by atomic mass is 9.92. The van der Waals surface area contributed by atoms with E-state index in [0.29, 0.717) is 17.4 Å². The van der Waals surface area contributed by atoms with Crippen molar-refractivity contribution in [1.82, 2.24) is 0 Å². The highest BCUT2D eigenvalue weighted by Crippen LogP contribution is 2.24. The molecule has 0 saturated heterocycles. The molecule has 0 aliphatic heterocycles. The highest BCUT2D eigenvalue weighted by Gasteiger charge is 2.10. The van der Waals surface area contributed by atoms with Crippen molar-refractivity contribution < 1.29 is 14.7 Å². The van der Waals surface area contributed by atoms with E-state index >= 15 is 0 Å². The van der Waals surface area contributed by atoms with E-state index in [9.17, 15) is 9.59 Å². The average Bonchev–Trinajstić information content (AvgIpc) is 2.59. The largest absolute Gasteiger partial charge is 0.478 e. The average molecular weight is 336 g/mol. The first-order valence-corrected chi connectivity index (χ1v) is 8.48. The Morgan fingerprint density at radius 1 is 0.840 bits per heavy atom. The smallest absolute Gasteiger partial charge is 0.335 e. The quantitative estimate of drug-likeness (QED) is 0.557. The SMILES string of the molecule is CC(C)c1cc(C(=O)C=Cc2ccc(C(=O)O)cc2)cc(C(C)C)c1. The Morgan fingerprint density at radius 3 is 1.80 bits per heavy atom. The molecule has 1 N–H and O–H groups in total. The Labute approximate surface area is 149 Å². The number of ketones is 1. The summed E-state index contributed by atoms with van der Waals surface area (Å²) in [6.07, 6.45) is 3.25. The molecule has 2 aromatic carbocycles. The van der Waals surface area contributed by atoms with Crippen LogP contribution in [0.5, 0.6) is 0 Å². The number of rotatable bonds is 6. The lowest BCUT2D eigenvalue weighted by Gasteiger charge is -2.13. The second kappa shape index (κ2) is 7.93.